The molecule has 0 aliphatic carbocycles. The maximum absolute atomic E-state index is 12.5. The average molecular weight is 275 g/mol. The minimum atomic E-state index is 0.126. The van der Waals surface area contributed by atoms with E-state index in [2.05, 4.69) is 17.2 Å². The molecule has 0 aromatic carbocycles. The molecule has 1 aliphatic heterocycles. The van der Waals surface area contributed by atoms with Gasteiger partial charge in [0.25, 0.3) is 5.91 Å². The molecule has 20 heavy (non-hydrogen) atoms. The molecule has 1 aromatic rings. The van der Waals surface area contributed by atoms with E-state index in [1.807, 2.05) is 17.0 Å². The highest BCUT2D eigenvalue weighted by molar-refractivity contribution is 5.94. The van der Waals surface area contributed by atoms with Crippen LogP contribution in [-0.4, -0.2) is 35.4 Å². The van der Waals surface area contributed by atoms with E-state index in [9.17, 15) is 4.79 Å². The summed E-state index contributed by atoms with van der Waals surface area (Å²) in [6, 6.07) is 3.78. The molecule has 1 N–H and O–H groups in total. The van der Waals surface area contributed by atoms with Gasteiger partial charge in [-0.25, -0.2) is 4.98 Å². The van der Waals surface area contributed by atoms with E-state index in [-0.39, 0.29) is 5.91 Å². The fourth-order valence-corrected chi connectivity index (χ4v) is 2.51. The first-order valence-corrected chi connectivity index (χ1v) is 7.80. The normalized spacial score (nSPS) is 16.4. The fraction of sp³-hybridized carbons (Fsp3) is 0.625. The third kappa shape index (κ3) is 4.22. The van der Waals surface area contributed by atoms with Crippen LogP contribution in [0.5, 0.6) is 0 Å². The zero-order chi connectivity index (χ0) is 14.2. The Balaban J connectivity index is 1.96. The summed E-state index contributed by atoms with van der Waals surface area (Å²) in [4.78, 5) is 18.8. The number of hydrogen-bond acceptors (Lipinski definition) is 3. The molecule has 1 aromatic heterocycles. The fourth-order valence-electron chi connectivity index (χ4n) is 2.51. The lowest BCUT2D eigenvalue weighted by Crippen LogP contribution is -2.33. The highest BCUT2D eigenvalue weighted by Crippen LogP contribution is 2.14. The van der Waals surface area contributed by atoms with Gasteiger partial charge in [0.05, 0.1) is 5.56 Å². The summed E-state index contributed by atoms with van der Waals surface area (Å²) in [5.41, 5.74) is 0.702. The highest BCUT2D eigenvalue weighted by atomic mass is 16.2. The van der Waals surface area contributed by atoms with E-state index in [1.165, 1.54) is 19.3 Å². The van der Waals surface area contributed by atoms with Crippen LogP contribution >= 0.6 is 0 Å². The Kier molecular flexibility index (Phi) is 5.84. The Morgan fingerprint density at radius 3 is 2.50 bits per heavy atom. The van der Waals surface area contributed by atoms with Crippen molar-refractivity contribution < 1.29 is 4.79 Å². The second-order valence-electron chi connectivity index (χ2n) is 5.42. The maximum atomic E-state index is 12.5. The zero-order valence-electron chi connectivity index (χ0n) is 12.4. The van der Waals surface area contributed by atoms with Crippen molar-refractivity contribution in [2.75, 3.05) is 25.0 Å². The van der Waals surface area contributed by atoms with Gasteiger partial charge in [0.15, 0.2) is 0 Å². The van der Waals surface area contributed by atoms with Gasteiger partial charge in [-0.05, 0) is 31.4 Å². The van der Waals surface area contributed by atoms with Crippen LogP contribution in [0.1, 0.15) is 55.8 Å². The van der Waals surface area contributed by atoms with Crippen molar-refractivity contribution in [2.24, 2.45) is 0 Å². The summed E-state index contributed by atoms with van der Waals surface area (Å²) >= 11 is 0. The minimum absolute atomic E-state index is 0.126. The average Bonchev–Trinajstić information content (AvgIpc) is 2.45. The molecule has 1 amide bonds. The van der Waals surface area contributed by atoms with E-state index >= 15 is 0 Å². The topological polar surface area (TPSA) is 45.2 Å². The second kappa shape index (κ2) is 7.88. The Hall–Kier alpha value is -1.58. The van der Waals surface area contributed by atoms with Gasteiger partial charge in [-0.2, -0.15) is 0 Å². The summed E-state index contributed by atoms with van der Waals surface area (Å²) in [6.07, 6.45) is 8.78. The summed E-state index contributed by atoms with van der Waals surface area (Å²) in [6.45, 7) is 4.79. The van der Waals surface area contributed by atoms with Crippen LogP contribution in [0.4, 0.5) is 5.82 Å². The SMILES string of the molecule is CCCNc1ccc(C(=O)N2CCCCCCC2)cn1. The zero-order valence-corrected chi connectivity index (χ0v) is 12.4. The summed E-state index contributed by atoms with van der Waals surface area (Å²) in [5.74, 6) is 0.970. The molecule has 0 spiro atoms. The van der Waals surface area contributed by atoms with Gasteiger partial charge < -0.3 is 10.2 Å². The molecule has 4 heteroatoms. The number of likely N-dealkylation sites (tertiary alicyclic amines) is 1. The lowest BCUT2D eigenvalue weighted by atomic mass is 10.1. The molecule has 1 saturated heterocycles. The molecule has 1 aliphatic rings. The summed E-state index contributed by atoms with van der Waals surface area (Å²) < 4.78 is 0. The van der Waals surface area contributed by atoms with Gasteiger partial charge in [0.1, 0.15) is 5.82 Å². The number of rotatable bonds is 4. The van der Waals surface area contributed by atoms with Crippen molar-refractivity contribution in [1.82, 2.24) is 9.88 Å². The van der Waals surface area contributed by atoms with Gasteiger partial charge in [-0.1, -0.05) is 26.2 Å². The van der Waals surface area contributed by atoms with E-state index in [1.54, 1.807) is 6.20 Å². The summed E-state index contributed by atoms with van der Waals surface area (Å²) in [5, 5.41) is 3.22. The van der Waals surface area contributed by atoms with Crippen molar-refractivity contribution in [3.63, 3.8) is 0 Å². The number of aromatic nitrogens is 1. The van der Waals surface area contributed by atoms with E-state index in [0.717, 1.165) is 44.7 Å². The third-order valence-electron chi connectivity index (χ3n) is 3.71. The Labute approximate surface area is 121 Å². The molecule has 110 valence electrons. The molecule has 0 bridgehead atoms. The van der Waals surface area contributed by atoms with Crippen LogP contribution in [0.3, 0.4) is 0 Å². The van der Waals surface area contributed by atoms with E-state index in [4.69, 9.17) is 0 Å². The molecule has 4 nitrogen and oxygen atoms in total. The Morgan fingerprint density at radius 1 is 1.20 bits per heavy atom. The molecule has 0 radical (unpaired) electrons. The van der Waals surface area contributed by atoms with Gasteiger partial charge >= 0.3 is 0 Å². The number of nitrogens with zero attached hydrogens (tertiary/aromatic N) is 2. The van der Waals surface area contributed by atoms with Gasteiger partial charge in [0, 0.05) is 25.8 Å². The number of hydrogen-bond donors (Lipinski definition) is 1. The lowest BCUT2D eigenvalue weighted by molar-refractivity contribution is 0.0742. The van der Waals surface area contributed by atoms with Crippen molar-refractivity contribution in [3.05, 3.63) is 23.9 Å². The van der Waals surface area contributed by atoms with Crippen molar-refractivity contribution in [3.8, 4) is 0 Å². The van der Waals surface area contributed by atoms with Crippen LogP contribution in [-0.2, 0) is 0 Å². The number of pyridine rings is 1. The molecular weight excluding hydrogens is 250 g/mol. The molecule has 0 unspecified atom stereocenters. The van der Waals surface area contributed by atoms with Crippen molar-refractivity contribution in [1.29, 1.82) is 0 Å². The van der Waals surface area contributed by atoms with Crippen LogP contribution in [0.15, 0.2) is 18.3 Å². The first kappa shape index (κ1) is 14.8. The van der Waals surface area contributed by atoms with Gasteiger partial charge in [-0.15, -0.1) is 0 Å². The molecule has 1 fully saturated rings. The van der Waals surface area contributed by atoms with Crippen molar-refractivity contribution in [2.45, 2.75) is 45.4 Å². The number of carbonyl (C=O) groups excluding carboxylic acids is 1. The molecule has 2 rings (SSSR count). The first-order chi connectivity index (χ1) is 9.81. The first-order valence-electron chi connectivity index (χ1n) is 7.80. The number of nitrogens with one attached hydrogen (secondary N) is 1. The number of anilines is 1. The minimum Gasteiger partial charge on any atom is -0.370 e. The number of amides is 1. The lowest BCUT2D eigenvalue weighted by Gasteiger charge is -2.24. The highest BCUT2D eigenvalue weighted by Gasteiger charge is 2.16. The number of carbonyl (C=O) groups is 1. The molecular formula is C16H25N3O. The molecule has 2 heterocycles. The van der Waals surface area contributed by atoms with E-state index in [0.29, 0.717) is 5.56 Å². The Morgan fingerprint density at radius 2 is 1.90 bits per heavy atom. The van der Waals surface area contributed by atoms with Crippen LogP contribution in [0.25, 0.3) is 0 Å². The maximum Gasteiger partial charge on any atom is 0.255 e. The van der Waals surface area contributed by atoms with Gasteiger partial charge in [0.2, 0.25) is 0 Å². The van der Waals surface area contributed by atoms with Crippen LogP contribution in [0.2, 0.25) is 0 Å². The predicted molar refractivity (Wildman–Crippen MR) is 82.0 cm³/mol. The largest absolute Gasteiger partial charge is 0.370 e. The molecule has 0 saturated carbocycles. The summed E-state index contributed by atoms with van der Waals surface area (Å²) in [7, 11) is 0. The third-order valence-corrected chi connectivity index (χ3v) is 3.71. The quantitative estimate of drug-likeness (QED) is 0.917. The second-order valence-corrected chi connectivity index (χ2v) is 5.42. The monoisotopic (exact) mass is 275 g/mol. The molecule has 0 atom stereocenters. The van der Waals surface area contributed by atoms with Crippen molar-refractivity contribution >= 4 is 11.7 Å². The van der Waals surface area contributed by atoms with E-state index < -0.39 is 0 Å². The van der Waals surface area contributed by atoms with Gasteiger partial charge in [-0.3, -0.25) is 4.79 Å². The predicted octanol–water partition coefficient (Wildman–Crippen LogP) is 3.31. The standard InChI is InChI=1S/C16H25N3O/c1-2-10-17-15-9-8-14(13-18-15)16(20)19-11-6-4-3-5-7-12-19/h8-9,13H,2-7,10-12H2,1H3,(H,17,18). The Bertz CT molecular complexity index is 408. The smallest absolute Gasteiger partial charge is 0.255 e. The van der Waals surface area contributed by atoms with Crippen LogP contribution in [0, 0.1) is 0 Å². The van der Waals surface area contributed by atoms with Crippen LogP contribution < -0.4 is 5.32 Å².